The molecule has 0 aromatic heterocycles. The first-order chi connectivity index (χ1) is 12.0. The van der Waals surface area contributed by atoms with Gasteiger partial charge in [-0.2, -0.15) is 0 Å². The fourth-order valence-corrected chi connectivity index (χ4v) is 2.50. The van der Waals surface area contributed by atoms with E-state index in [1.165, 1.54) is 6.07 Å². The van der Waals surface area contributed by atoms with E-state index >= 15 is 0 Å². The second-order valence-electron chi connectivity index (χ2n) is 5.78. The molecule has 3 amide bonds. The number of rotatable bonds is 3. The quantitative estimate of drug-likeness (QED) is 0.801. The highest BCUT2D eigenvalue weighted by molar-refractivity contribution is 6.00. The molecule has 6 nitrogen and oxygen atoms in total. The third-order valence-electron chi connectivity index (χ3n) is 3.76. The molecule has 0 radical (unpaired) electrons. The van der Waals surface area contributed by atoms with Gasteiger partial charge in [0.2, 0.25) is 0 Å². The van der Waals surface area contributed by atoms with Crippen LogP contribution in [0.4, 0.5) is 20.6 Å². The summed E-state index contributed by atoms with van der Waals surface area (Å²) < 4.78 is 18.3. The van der Waals surface area contributed by atoms with Gasteiger partial charge >= 0.3 is 6.03 Å². The number of nitrogens with one attached hydrogen (secondary N) is 3. The maximum Gasteiger partial charge on any atom is 0.320 e. The summed E-state index contributed by atoms with van der Waals surface area (Å²) in [6, 6.07) is 10.6. The second-order valence-corrected chi connectivity index (χ2v) is 5.78. The molecule has 3 rings (SSSR count). The van der Waals surface area contributed by atoms with E-state index in [1.807, 2.05) is 25.1 Å². The van der Waals surface area contributed by atoms with Gasteiger partial charge in [0.05, 0.1) is 5.69 Å². The summed E-state index contributed by atoms with van der Waals surface area (Å²) in [5, 5.41) is 7.93. The van der Waals surface area contributed by atoms with Crippen LogP contribution in [0.15, 0.2) is 42.5 Å². The summed E-state index contributed by atoms with van der Waals surface area (Å²) in [6.07, 6.45) is 0. The fourth-order valence-electron chi connectivity index (χ4n) is 2.50. The Labute approximate surface area is 144 Å². The van der Waals surface area contributed by atoms with Crippen LogP contribution < -0.4 is 20.7 Å². The SMILES string of the molecule is Cc1cccc(NC(=O)N[C@H]2COc3cc(CF)ccc3NC2=O)c1. The average Bonchev–Trinajstić information content (AvgIpc) is 2.73. The molecule has 7 heteroatoms. The largest absolute Gasteiger partial charge is 0.489 e. The zero-order valence-electron chi connectivity index (χ0n) is 13.6. The number of hydrogen-bond acceptors (Lipinski definition) is 3. The van der Waals surface area contributed by atoms with Crippen molar-refractivity contribution in [3.63, 3.8) is 0 Å². The number of amides is 3. The molecular formula is C18H18FN3O3. The standard InChI is InChI=1S/C18H18FN3O3/c1-11-3-2-4-13(7-11)20-18(24)22-15-10-25-16-8-12(9-19)5-6-14(16)21-17(15)23/h2-8,15H,9-10H2,1H3,(H,21,23)(H2,20,22,24)/t15-/m0/s1. The minimum absolute atomic E-state index is 0.0458. The van der Waals surface area contributed by atoms with Gasteiger partial charge < -0.3 is 20.7 Å². The van der Waals surface area contributed by atoms with Gasteiger partial charge in [-0.3, -0.25) is 4.79 Å². The van der Waals surface area contributed by atoms with E-state index in [0.717, 1.165) is 5.56 Å². The van der Waals surface area contributed by atoms with Gasteiger partial charge in [0, 0.05) is 5.69 Å². The molecule has 0 fully saturated rings. The first-order valence-corrected chi connectivity index (χ1v) is 7.82. The molecule has 2 aromatic rings. The Morgan fingerprint density at radius 3 is 2.92 bits per heavy atom. The predicted octanol–water partition coefficient (Wildman–Crippen LogP) is 2.99. The molecule has 0 aliphatic carbocycles. The van der Waals surface area contributed by atoms with E-state index in [1.54, 1.807) is 18.2 Å². The van der Waals surface area contributed by atoms with Crippen molar-refractivity contribution in [1.82, 2.24) is 5.32 Å². The monoisotopic (exact) mass is 343 g/mol. The van der Waals surface area contributed by atoms with Crippen LogP contribution in [0.3, 0.4) is 0 Å². The zero-order chi connectivity index (χ0) is 17.8. The lowest BCUT2D eigenvalue weighted by molar-refractivity contribution is -0.118. The molecule has 0 unspecified atom stereocenters. The number of anilines is 2. The van der Waals surface area contributed by atoms with Crippen molar-refractivity contribution in [2.45, 2.75) is 19.6 Å². The number of hydrogen-bond donors (Lipinski definition) is 3. The van der Waals surface area contributed by atoms with E-state index in [2.05, 4.69) is 16.0 Å². The Kier molecular flexibility index (Phi) is 4.83. The number of ether oxygens (including phenoxy) is 1. The van der Waals surface area contributed by atoms with Crippen molar-refractivity contribution in [2.75, 3.05) is 17.2 Å². The van der Waals surface area contributed by atoms with Gasteiger partial charge in [-0.25, -0.2) is 9.18 Å². The average molecular weight is 343 g/mol. The summed E-state index contributed by atoms with van der Waals surface area (Å²) >= 11 is 0. The van der Waals surface area contributed by atoms with Crippen molar-refractivity contribution in [3.8, 4) is 5.75 Å². The number of benzene rings is 2. The lowest BCUT2D eigenvalue weighted by atomic mass is 10.2. The second kappa shape index (κ2) is 7.21. The van der Waals surface area contributed by atoms with E-state index in [4.69, 9.17) is 4.74 Å². The Morgan fingerprint density at radius 1 is 1.32 bits per heavy atom. The Bertz CT molecular complexity index is 810. The molecule has 1 aliphatic heterocycles. The number of aryl methyl sites for hydroxylation is 1. The normalized spacial score (nSPS) is 16.1. The van der Waals surface area contributed by atoms with Crippen molar-refractivity contribution in [3.05, 3.63) is 53.6 Å². The zero-order valence-corrected chi connectivity index (χ0v) is 13.6. The Balaban J connectivity index is 1.65. The third kappa shape index (κ3) is 4.06. The summed E-state index contributed by atoms with van der Waals surface area (Å²) in [4.78, 5) is 24.4. The van der Waals surface area contributed by atoms with E-state index in [9.17, 15) is 14.0 Å². The molecule has 25 heavy (non-hydrogen) atoms. The molecule has 2 aromatic carbocycles. The van der Waals surface area contributed by atoms with Crippen molar-refractivity contribution >= 4 is 23.3 Å². The number of carbonyl (C=O) groups is 2. The molecular weight excluding hydrogens is 325 g/mol. The van der Waals surface area contributed by atoms with Crippen LogP contribution >= 0.6 is 0 Å². The van der Waals surface area contributed by atoms with Crippen LogP contribution in [0.25, 0.3) is 0 Å². The molecule has 130 valence electrons. The smallest absolute Gasteiger partial charge is 0.320 e. The highest BCUT2D eigenvalue weighted by atomic mass is 19.1. The molecule has 0 spiro atoms. The first kappa shape index (κ1) is 16.8. The highest BCUT2D eigenvalue weighted by Crippen LogP contribution is 2.28. The number of halogens is 1. The van der Waals surface area contributed by atoms with Crippen molar-refractivity contribution in [2.24, 2.45) is 0 Å². The molecule has 3 N–H and O–H groups in total. The van der Waals surface area contributed by atoms with Crippen LogP contribution in [-0.4, -0.2) is 24.6 Å². The molecule has 0 saturated heterocycles. The van der Waals surface area contributed by atoms with Crippen LogP contribution in [0.1, 0.15) is 11.1 Å². The Hall–Kier alpha value is -3.09. The van der Waals surface area contributed by atoms with Gasteiger partial charge in [-0.05, 0) is 42.3 Å². The predicted molar refractivity (Wildman–Crippen MR) is 92.5 cm³/mol. The lowest BCUT2D eigenvalue weighted by Gasteiger charge is -2.15. The van der Waals surface area contributed by atoms with Crippen molar-refractivity contribution in [1.29, 1.82) is 0 Å². The minimum atomic E-state index is -0.869. The first-order valence-electron chi connectivity index (χ1n) is 7.82. The van der Waals surface area contributed by atoms with Gasteiger partial charge in [0.1, 0.15) is 25.1 Å². The minimum Gasteiger partial charge on any atom is -0.489 e. The maximum absolute atomic E-state index is 12.7. The molecule has 0 saturated carbocycles. The Morgan fingerprint density at radius 2 is 2.16 bits per heavy atom. The number of carbonyl (C=O) groups excluding carboxylic acids is 2. The number of fused-ring (bicyclic) bond motifs is 1. The number of urea groups is 1. The molecule has 1 aliphatic rings. The topological polar surface area (TPSA) is 79.5 Å². The van der Waals surface area contributed by atoms with Gasteiger partial charge in [0.25, 0.3) is 5.91 Å². The van der Waals surface area contributed by atoms with Crippen LogP contribution in [0.5, 0.6) is 5.75 Å². The summed E-state index contributed by atoms with van der Waals surface area (Å²) in [5.41, 5.74) is 2.54. The van der Waals surface area contributed by atoms with Crippen LogP contribution in [0, 0.1) is 6.92 Å². The van der Waals surface area contributed by atoms with Gasteiger partial charge in [0.15, 0.2) is 0 Å². The molecule has 1 atom stereocenters. The van der Waals surface area contributed by atoms with Gasteiger partial charge in [-0.15, -0.1) is 0 Å². The molecule has 1 heterocycles. The maximum atomic E-state index is 12.7. The summed E-state index contributed by atoms with van der Waals surface area (Å²) in [7, 11) is 0. The fraction of sp³-hybridized carbons (Fsp3) is 0.222. The van der Waals surface area contributed by atoms with E-state index in [-0.39, 0.29) is 6.61 Å². The van der Waals surface area contributed by atoms with Crippen LogP contribution in [0.2, 0.25) is 0 Å². The third-order valence-corrected chi connectivity index (χ3v) is 3.76. The van der Waals surface area contributed by atoms with E-state index < -0.39 is 24.7 Å². The number of alkyl halides is 1. The van der Waals surface area contributed by atoms with Crippen molar-refractivity contribution < 1.29 is 18.7 Å². The summed E-state index contributed by atoms with van der Waals surface area (Å²) in [5.74, 6) is -0.0157. The molecule has 0 bridgehead atoms. The summed E-state index contributed by atoms with van der Waals surface area (Å²) in [6.45, 7) is 1.25. The highest BCUT2D eigenvalue weighted by Gasteiger charge is 2.26. The van der Waals surface area contributed by atoms with Gasteiger partial charge in [-0.1, -0.05) is 18.2 Å². The van der Waals surface area contributed by atoms with Crippen LogP contribution in [-0.2, 0) is 11.5 Å². The van der Waals surface area contributed by atoms with E-state index in [0.29, 0.717) is 22.7 Å². The lowest BCUT2D eigenvalue weighted by Crippen LogP contribution is -2.47.